The smallest absolute Gasteiger partial charge is 0.176 e. The molecular formula is C18H22N2O. The predicted molar refractivity (Wildman–Crippen MR) is 85.3 cm³/mol. The number of carbonyl (C=O) groups is 1. The maximum atomic E-state index is 12.3. The van der Waals surface area contributed by atoms with Crippen molar-refractivity contribution >= 4 is 5.78 Å². The number of hydrogen-bond acceptors (Lipinski definition) is 3. The molecule has 0 aliphatic heterocycles. The Balaban J connectivity index is 1.91. The zero-order valence-corrected chi connectivity index (χ0v) is 12.7. The van der Waals surface area contributed by atoms with Gasteiger partial charge in [0.15, 0.2) is 5.78 Å². The van der Waals surface area contributed by atoms with Crippen molar-refractivity contribution in [2.45, 2.75) is 26.3 Å². The highest BCUT2D eigenvalue weighted by molar-refractivity contribution is 5.97. The fourth-order valence-corrected chi connectivity index (χ4v) is 2.31. The standard InChI is InChI=1S/C18H22N2O/c1-3-6-15-8-10-16(11-9-15)18(21)14-20(2)13-17-7-4-5-12-19-17/h4-5,7-12H,3,6,13-14H2,1-2H3. The van der Waals surface area contributed by atoms with Crippen LogP contribution in [0.5, 0.6) is 0 Å². The maximum absolute atomic E-state index is 12.3. The first-order chi connectivity index (χ1) is 10.2. The van der Waals surface area contributed by atoms with E-state index in [1.807, 2.05) is 42.3 Å². The molecule has 1 aromatic heterocycles. The molecule has 0 aliphatic rings. The summed E-state index contributed by atoms with van der Waals surface area (Å²) in [6, 6.07) is 13.8. The Morgan fingerprint density at radius 1 is 1.14 bits per heavy atom. The van der Waals surface area contributed by atoms with Crippen LogP contribution in [0.3, 0.4) is 0 Å². The van der Waals surface area contributed by atoms with E-state index >= 15 is 0 Å². The minimum absolute atomic E-state index is 0.150. The lowest BCUT2D eigenvalue weighted by Gasteiger charge is -2.15. The fraction of sp³-hybridized carbons (Fsp3) is 0.333. The van der Waals surface area contributed by atoms with E-state index in [-0.39, 0.29) is 5.78 Å². The van der Waals surface area contributed by atoms with E-state index in [1.54, 1.807) is 6.20 Å². The summed E-state index contributed by atoms with van der Waals surface area (Å²) in [5.41, 5.74) is 3.05. The van der Waals surface area contributed by atoms with Crippen molar-refractivity contribution in [2.75, 3.05) is 13.6 Å². The number of ketones is 1. The Morgan fingerprint density at radius 3 is 2.52 bits per heavy atom. The summed E-state index contributed by atoms with van der Waals surface area (Å²) >= 11 is 0. The summed E-state index contributed by atoms with van der Waals surface area (Å²) in [6.07, 6.45) is 3.96. The molecular weight excluding hydrogens is 260 g/mol. The first-order valence-electron chi connectivity index (χ1n) is 7.39. The van der Waals surface area contributed by atoms with E-state index in [0.29, 0.717) is 13.1 Å². The van der Waals surface area contributed by atoms with Gasteiger partial charge in [0.2, 0.25) is 0 Å². The number of hydrogen-bond donors (Lipinski definition) is 0. The van der Waals surface area contributed by atoms with Gasteiger partial charge in [0, 0.05) is 18.3 Å². The fourth-order valence-electron chi connectivity index (χ4n) is 2.31. The van der Waals surface area contributed by atoms with Crippen molar-refractivity contribution in [3.63, 3.8) is 0 Å². The number of aromatic nitrogens is 1. The number of aryl methyl sites for hydroxylation is 1. The zero-order valence-electron chi connectivity index (χ0n) is 12.7. The molecule has 0 unspecified atom stereocenters. The highest BCUT2D eigenvalue weighted by Crippen LogP contribution is 2.08. The van der Waals surface area contributed by atoms with E-state index in [1.165, 1.54) is 5.56 Å². The van der Waals surface area contributed by atoms with Gasteiger partial charge >= 0.3 is 0 Å². The molecule has 0 atom stereocenters. The normalized spacial score (nSPS) is 10.8. The van der Waals surface area contributed by atoms with Crippen molar-refractivity contribution in [1.29, 1.82) is 0 Å². The number of carbonyl (C=O) groups excluding carboxylic acids is 1. The second kappa shape index (κ2) is 7.70. The Hall–Kier alpha value is -2.00. The van der Waals surface area contributed by atoms with E-state index in [4.69, 9.17) is 0 Å². The molecule has 1 aromatic carbocycles. The summed E-state index contributed by atoms with van der Waals surface area (Å²) in [4.78, 5) is 18.5. The molecule has 0 N–H and O–H groups in total. The van der Waals surface area contributed by atoms with E-state index in [0.717, 1.165) is 24.1 Å². The maximum Gasteiger partial charge on any atom is 0.176 e. The molecule has 0 radical (unpaired) electrons. The monoisotopic (exact) mass is 282 g/mol. The summed E-state index contributed by atoms with van der Waals surface area (Å²) in [5.74, 6) is 0.150. The summed E-state index contributed by atoms with van der Waals surface area (Å²) < 4.78 is 0. The Morgan fingerprint density at radius 2 is 1.90 bits per heavy atom. The van der Waals surface area contributed by atoms with Gasteiger partial charge in [-0.1, -0.05) is 43.7 Å². The molecule has 2 rings (SSSR count). The van der Waals surface area contributed by atoms with Crippen molar-refractivity contribution < 1.29 is 4.79 Å². The molecule has 0 amide bonds. The summed E-state index contributed by atoms with van der Waals surface area (Å²) in [6.45, 7) is 3.25. The van der Waals surface area contributed by atoms with Crippen LogP contribution in [0.15, 0.2) is 48.7 Å². The minimum Gasteiger partial charge on any atom is -0.293 e. The van der Waals surface area contributed by atoms with Crippen molar-refractivity contribution in [1.82, 2.24) is 9.88 Å². The number of pyridine rings is 1. The molecule has 0 aliphatic carbocycles. The Labute approximate surface area is 126 Å². The largest absolute Gasteiger partial charge is 0.293 e. The molecule has 21 heavy (non-hydrogen) atoms. The lowest BCUT2D eigenvalue weighted by Crippen LogP contribution is -2.26. The van der Waals surface area contributed by atoms with Crippen LogP contribution in [0.2, 0.25) is 0 Å². The van der Waals surface area contributed by atoms with Crippen molar-refractivity contribution in [2.24, 2.45) is 0 Å². The van der Waals surface area contributed by atoms with Gasteiger partial charge in [-0.25, -0.2) is 0 Å². The summed E-state index contributed by atoms with van der Waals surface area (Å²) in [5, 5.41) is 0. The minimum atomic E-state index is 0.150. The molecule has 3 heteroatoms. The number of nitrogens with zero attached hydrogens (tertiary/aromatic N) is 2. The van der Waals surface area contributed by atoms with E-state index < -0.39 is 0 Å². The molecule has 0 spiro atoms. The van der Waals surface area contributed by atoms with Crippen LogP contribution in [0, 0.1) is 0 Å². The second-order valence-electron chi connectivity index (χ2n) is 5.36. The van der Waals surface area contributed by atoms with Gasteiger partial charge in [-0.15, -0.1) is 0 Å². The molecule has 0 saturated heterocycles. The van der Waals surface area contributed by atoms with Crippen LogP contribution >= 0.6 is 0 Å². The van der Waals surface area contributed by atoms with Crippen LogP contribution in [-0.4, -0.2) is 29.3 Å². The third-order valence-corrected chi connectivity index (χ3v) is 3.39. The van der Waals surface area contributed by atoms with E-state index in [9.17, 15) is 4.79 Å². The highest BCUT2D eigenvalue weighted by Gasteiger charge is 2.10. The topological polar surface area (TPSA) is 33.2 Å². The van der Waals surface area contributed by atoms with Crippen LogP contribution in [0.1, 0.15) is 35.0 Å². The lowest BCUT2D eigenvalue weighted by atomic mass is 10.1. The van der Waals surface area contributed by atoms with Gasteiger partial charge in [0.05, 0.1) is 12.2 Å². The Kier molecular flexibility index (Phi) is 5.64. The molecule has 2 aromatic rings. The quantitative estimate of drug-likeness (QED) is 0.730. The van der Waals surface area contributed by atoms with Crippen LogP contribution < -0.4 is 0 Å². The molecule has 110 valence electrons. The van der Waals surface area contributed by atoms with Crippen molar-refractivity contribution in [3.05, 3.63) is 65.5 Å². The number of rotatable bonds is 7. The molecule has 1 heterocycles. The number of benzene rings is 1. The zero-order chi connectivity index (χ0) is 15.1. The molecule has 0 bridgehead atoms. The average molecular weight is 282 g/mol. The van der Waals surface area contributed by atoms with Crippen LogP contribution in [0.4, 0.5) is 0 Å². The highest BCUT2D eigenvalue weighted by atomic mass is 16.1. The third kappa shape index (κ3) is 4.80. The molecule has 0 saturated carbocycles. The van der Waals surface area contributed by atoms with Gasteiger partial charge in [0.1, 0.15) is 0 Å². The second-order valence-corrected chi connectivity index (χ2v) is 5.36. The third-order valence-electron chi connectivity index (χ3n) is 3.39. The predicted octanol–water partition coefficient (Wildman–Crippen LogP) is 3.35. The Bertz CT molecular complexity index is 564. The number of Topliss-reactive ketones (excluding diaryl/α,β-unsaturated/α-hetero) is 1. The van der Waals surface area contributed by atoms with Gasteiger partial charge in [-0.2, -0.15) is 0 Å². The lowest BCUT2D eigenvalue weighted by molar-refractivity contribution is 0.0942. The summed E-state index contributed by atoms with van der Waals surface area (Å²) in [7, 11) is 1.94. The SMILES string of the molecule is CCCc1ccc(C(=O)CN(C)Cc2ccccn2)cc1. The molecule has 0 fully saturated rings. The van der Waals surface area contributed by atoms with Gasteiger partial charge in [0.25, 0.3) is 0 Å². The van der Waals surface area contributed by atoms with E-state index in [2.05, 4.69) is 24.0 Å². The van der Waals surface area contributed by atoms with Gasteiger partial charge < -0.3 is 0 Å². The first-order valence-corrected chi connectivity index (χ1v) is 7.39. The van der Waals surface area contributed by atoms with Gasteiger partial charge in [-0.05, 0) is 31.2 Å². The number of likely N-dealkylation sites (N-methyl/N-ethyl adjacent to an activating group) is 1. The van der Waals surface area contributed by atoms with Gasteiger partial charge in [-0.3, -0.25) is 14.7 Å². The van der Waals surface area contributed by atoms with Crippen LogP contribution in [-0.2, 0) is 13.0 Å². The average Bonchev–Trinajstić information content (AvgIpc) is 2.49. The molecule has 3 nitrogen and oxygen atoms in total. The van der Waals surface area contributed by atoms with Crippen LogP contribution in [0.25, 0.3) is 0 Å². The first kappa shape index (κ1) is 15.4. The van der Waals surface area contributed by atoms with Crippen molar-refractivity contribution in [3.8, 4) is 0 Å².